The summed E-state index contributed by atoms with van der Waals surface area (Å²) in [6.45, 7) is 5.43. The molecule has 1 fully saturated rings. The molecule has 0 unspecified atom stereocenters. The van der Waals surface area contributed by atoms with Crippen LogP contribution in [0.5, 0.6) is 0 Å². The maximum absolute atomic E-state index is 10.9. The minimum absolute atomic E-state index is 0.566. The highest BCUT2D eigenvalue weighted by Crippen LogP contribution is 2.26. The van der Waals surface area contributed by atoms with Crippen LogP contribution < -0.4 is 0 Å². The van der Waals surface area contributed by atoms with Crippen LogP contribution in [0.1, 0.15) is 46.0 Å². The van der Waals surface area contributed by atoms with Gasteiger partial charge < -0.3 is 9.84 Å². The number of carbonyl (C=O) groups is 1. The van der Waals surface area contributed by atoms with Gasteiger partial charge in [-0.15, -0.1) is 0 Å². The lowest BCUT2D eigenvalue weighted by Gasteiger charge is -2.22. The van der Waals surface area contributed by atoms with Crippen molar-refractivity contribution in [3.8, 4) is 0 Å². The Morgan fingerprint density at radius 3 is 2.59 bits per heavy atom. The number of carboxylic acid groups (broad SMARTS) is 1. The molecule has 0 aliphatic carbocycles. The van der Waals surface area contributed by atoms with Crippen LogP contribution in [0.3, 0.4) is 0 Å². The standard InChI is InChI=1S/C13H24O3S/c1-13(2,12(14)15)7-3-4-10-17-11-5-8-16-9-6-11/h11H,3-10H2,1-2H3,(H,14,15). The molecule has 1 aliphatic heterocycles. The highest BCUT2D eigenvalue weighted by atomic mass is 32.2. The molecule has 0 saturated carbocycles. The van der Waals surface area contributed by atoms with E-state index in [-0.39, 0.29) is 0 Å². The first-order chi connectivity index (χ1) is 8.02. The Morgan fingerprint density at radius 1 is 1.35 bits per heavy atom. The molecule has 4 heteroatoms. The van der Waals surface area contributed by atoms with Crippen molar-refractivity contribution in [2.75, 3.05) is 19.0 Å². The Labute approximate surface area is 108 Å². The van der Waals surface area contributed by atoms with Crippen molar-refractivity contribution in [3.63, 3.8) is 0 Å². The van der Waals surface area contributed by atoms with Gasteiger partial charge in [0.2, 0.25) is 0 Å². The van der Waals surface area contributed by atoms with Crippen LogP contribution >= 0.6 is 11.8 Å². The third-order valence-corrected chi connectivity index (χ3v) is 4.76. The van der Waals surface area contributed by atoms with Crippen molar-refractivity contribution >= 4 is 17.7 Å². The van der Waals surface area contributed by atoms with E-state index in [9.17, 15) is 4.79 Å². The molecule has 0 atom stereocenters. The van der Waals surface area contributed by atoms with Gasteiger partial charge in [-0.2, -0.15) is 11.8 Å². The zero-order valence-corrected chi connectivity index (χ0v) is 11.7. The first kappa shape index (κ1) is 14.8. The molecule has 1 N–H and O–H groups in total. The lowest BCUT2D eigenvalue weighted by Crippen LogP contribution is -2.23. The van der Waals surface area contributed by atoms with Crippen molar-refractivity contribution in [2.45, 2.75) is 51.2 Å². The average molecular weight is 260 g/mol. The zero-order chi connectivity index (χ0) is 12.7. The first-order valence-electron chi connectivity index (χ1n) is 6.45. The Balaban J connectivity index is 2.02. The van der Waals surface area contributed by atoms with Gasteiger partial charge in [0.05, 0.1) is 5.41 Å². The van der Waals surface area contributed by atoms with E-state index in [1.165, 1.54) is 12.8 Å². The summed E-state index contributed by atoms with van der Waals surface area (Å²) >= 11 is 2.03. The molecule has 0 spiro atoms. The van der Waals surface area contributed by atoms with Gasteiger partial charge in [0, 0.05) is 18.5 Å². The first-order valence-corrected chi connectivity index (χ1v) is 7.50. The summed E-state index contributed by atoms with van der Waals surface area (Å²) < 4.78 is 5.32. The highest BCUT2D eigenvalue weighted by molar-refractivity contribution is 7.99. The summed E-state index contributed by atoms with van der Waals surface area (Å²) in [5.74, 6) is 0.468. The van der Waals surface area contributed by atoms with E-state index in [4.69, 9.17) is 9.84 Å². The normalized spacial score (nSPS) is 18.2. The van der Waals surface area contributed by atoms with Crippen LogP contribution in [-0.2, 0) is 9.53 Å². The van der Waals surface area contributed by atoms with Gasteiger partial charge >= 0.3 is 5.97 Å². The number of carboxylic acids is 1. The molecule has 1 saturated heterocycles. The lowest BCUT2D eigenvalue weighted by atomic mass is 9.88. The van der Waals surface area contributed by atoms with Gasteiger partial charge in [-0.3, -0.25) is 4.79 Å². The number of ether oxygens (including phenoxy) is 1. The molecule has 0 radical (unpaired) electrons. The van der Waals surface area contributed by atoms with Crippen molar-refractivity contribution < 1.29 is 14.6 Å². The third-order valence-electron chi connectivity index (χ3n) is 3.30. The fraction of sp³-hybridized carbons (Fsp3) is 0.923. The topological polar surface area (TPSA) is 46.5 Å². The summed E-state index contributed by atoms with van der Waals surface area (Å²) in [6, 6.07) is 0. The smallest absolute Gasteiger partial charge is 0.309 e. The van der Waals surface area contributed by atoms with E-state index in [1.807, 2.05) is 11.8 Å². The highest BCUT2D eigenvalue weighted by Gasteiger charge is 2.26. The monoisotopic (exact) mass is 260 g/mol. The molecular formula is C13H24O3S. The molecule has 3 nitrogen and oxygen atoms in total. The van der Waals surface area contributed by atoms with Crippen LogP contribution in [-0.4, -0.2) is 35.3 Å². The average Bonchev–Trinajstić information content (AvgIpc) is 2.29. The van der Waals surface area contributed by atoms with E-state index < -0.39 is 11.4 Å². The van der Waals surface area contributed by atoms with Gasteiger partial charge in [0.15, 0.2) is 0 Å². The molecule has 1 rings (SSSR count). The maximum Gasteiger partial charge on any atom is 0.309 e. The van der Waals surface area contributed by atoms with Crippen molar-refractivity contribution in [3.05, 3.63) is 0 Å². The molecule has 17 heavy (non-hydrogen) atoms. The van der Waals surface area contributed by atoms with Crippen LogP contribution in [0.4, 0.5) is 0 Å². The molecule has 0 amide bonds. The lowest BCUT2D eigenvalue weighted by molar-refractivity contribution is -0.147. The molecular weight excluding hydrogens is 236 g/mol. The van der Waals surface area contributed by atoms with Gasteiger partial charge in [-0.05, 0) is 45.3 Å². The Hall–Kier alpha value is -0.220. The van der Waals surface area contributed by atoms with Gasteiger partial charge in [-0.1, -0.05) is 6.42 Å². The second-order valence-corrected chi connectivity index (χ2v) is 6.74. The van der Waals surface area contributed by atoms with Crippen molar-refractivity contribution in [1.29, 1.82) is 0 Å². The zero-order valence-electron chi connectivity index (χ0n) is 10.9. The molecule has 0 aromatic heterocycles. The second-order valence-electron chi connectivity index (χ2n) is 5.33. The number of rotatable bonds is 7. The van der Waals surface area contributed by atoms with E-state index in [0.29, 0.717) is 0 Å². The third kappa shape index (κ3) is 5.77. The fourth-order valence-electron chi connectivity index (χ4n) is 1.87. The van der Waals surface area contributed by atoms with Crippen molar-refractivity contribution in [1.82, 2.24) is 0 Å². The summed E-state index contributed by atoms with van der Waals surface area (Å²) in [5, 5.41) is 9.74. The second kappa shape index (κ2) is 7.27. The SMILES string of the molecule is CC(C)(CCCCSC1CCOCC1)C(=O)O. The molecule has 0 aromatic carbocycles. The van der Waals surface area contributed by atoms with Gasteiger partial charge in [0.1, 0.15) is 0 Å². The Morgan fingerprint density at radius 2 is 2.00 bits per heavy atom. The van der Waals surface area contributed by atoms with Crippen LogP contribution in [0.2, 0.25) is 0 Å². The predicted molar refractivity (Wildman–Crippen MR) is 71.6 cm³/mol. The Bertz CT molecular complexity index is 235. The Kier molecular flexibility index (Phi) is 6.34. The summed E-state index contributed by atoms with van der Waals surface area (Å²) in [5.41, 5.74) is -0.566. The molecule has 0 aromatic rings. The molecule has 1 aliphatic rings. The van der Waals surface area contributed by atoms with E-state index >= 15 is 0 Å². The predicted octanol–water partition coefficient (Wildman–Crippen LogP) is 3.18. The van der Waals surface area contributed by atoms with E-state index in [2.05, 4.69) is 0 Å². The number of aliphatic carboxylic acids is 1. The quantitative estimate of drug-likeness (QED) is 0.714. The molecule has 0 bridgehead atoms. The fourth-order valence-corrected chi connectivity index (χ4v) is 3.10. The van der Waals surface area contributed by atoms with Gasteiger partial charge in [-0.25, -0.2) is 0 Å². The van der Waals surface area contributed by atoms with Crippen LogP contribution in [0.25, 0.3) is 0 Å². The number of hydrogen-bond acceptors (Lipinski definition) is 3. The summed E-state index contributed by atoms with van der Waals surface area (Å²) in [4.78, 5) is 10.9. The summed E-state index contributed by atoms with van der Waals surface area (Å²) in [7, 11) is 0. The minimum atomic E-state index is -0.686. The minimum Gasteiger partial charge on any atom is -0.481 e. The summed E-state index contributed by atoms with van der Waals surface area (Å²) in [6.07, 6.45) is 5.25. The van der Waals surface area contributed by atoms with Crippen LogP contribution in [0, 0.1) is 5.41 Å². The number of thioether (sulfide) groups is 1. The number of unbranched alkanes of at least 4 members (excludes halogenated alkanes) is 1. The van der Waals surface area contributed by atoms with E-state index in [1.54, 1.807) is 13.8 Å². The molecule has 100 valence electrons. The largest absolute Gasteiger partial charge is 0.481 e. The van der Waals surface area contributed by atoms with Crippen LogP contribution in [0.15, 0.2) is 0 Å². The van der Waals surface area contributed by atoms with Gasteiger partial charge in [0.25, 0.3) is 0 Å². The van der Waals surface area contributed by atoms with E-state index in [0.717, 1.165) is 43.5 Å². The molecule has 1 heterocycles. The maximum atomic E-state index is 10.9. The number of hydrogen-bond donors (Lipinski definition) is 1. The van der Waals surface area contributed by atoms with Crippen molar-refractivity contribution in [2.24, 2.45) is 5.41 Å².